The van der Waals surface area contributed by atoms with Crippen LogP contribution in [0.25, 0.3) is 0 Å². The summed E-state index contributed by atoms with van der Waals surface area (Å²) in [6.07, 6.45) is 3.57. The summed E-state index contributed by atoms with van der Waals surface area (Å²) < 4.78 is 0. The third-order valence-corrected chi connectivity index (χ3v) is 4.84. The summed E-state index contributed by atoms with van der Waals surface area (Å²) in [5.74, 6) is -0.206. The van der Waals surface area contributed by atoms with Crippen molar-refractivity contribution in [1.82, 2.24) is 10.6 Å². The summed E-state index contributed by atoms with van der Waals surface area (Å²) in [4.78, 5) is 26.3. The number of benzene rings is 1. The minimum atomic E-state index is -0.241. The lowest BCUT2D eigenvalue weighted by molar-refractivity contribution is -0.126. The lowest BCUT2D eigenvalue weighted by Crippen LogP contribution is -2.40. The van der Waals surface area contributed by atoms with Crippen LogP contribution < -0.4 is 15.5 Å². The molecule has 5 heteroatoms. The number of nitrogens with one attached hydrogen (secondary N) is 2. The van der Waals surface area contributed by atoms with Gasteiger partial charge in [0.25, 0.3) is 0 Å². The average molecular weight is 315 g/mol. The quantitative estimate of drug-likeness (QED) is 0.865. The molecule has 1 aromatic rings. The normalized spacial score (nSPS) is 24.2. The Morgan fingerprint density at radius 3 is 2.78 bits per heavy atom. The fourth-order valence-corrected chi connectivity index (χ4v) is 3.34. The second-order valence-corrected chi connectivity index (χ2v) is 6.46. The van der Waals surface area contributed by atoms with Gasteiger partial charge < -0.3 is 15.5 Å². The molecule has 124 valence electrons. The lowest BCUT2D eigenvalue weighted by atomic mass is 10.1. The average Bonchev–Trinajstić information content (AvgIpc) is 3.22. The van der Waals surface area contributed by atoms with Crippen LogP contribution in [0.15, 0.2) is 24.3 Å². The summed E-state index contributed by atoms with van der Waals surface area (Å²) >= 11 is 0. The smallest absolute Gasteiger partial charge is 0.227 e. The van der Waals surface area contributed by atoms with Crippen molar-refractivity contribution in [2.45, 2.75) is 38.6 Å². The van der Waals surface area contributed by atoms with E-state index in [1.54, 1.807) is 4.90 Å². The van der Waals surface area contributed by atoms with Gasteiger partial charge in [-0.15, -0.1) is 0 Å². The number of amides is 2. The molecule has 0 aromatic heterocycles. The molecule has 2 aliphatic rings. The monoisotopic (exact) mass is 315 g/mol. The molecule has 2 heterocycles. The number of anilines is 1. The van der Waals surface area contributed by atoms with Gasteiger partial charge >= 0.3 is 0 Å². The van der Waals surface area contributed by atoms with E-state index in [0.717, 1.165) is 25.1 Å². The number of carbonyl (C=O) groups is 2. The Morgan fingerprint density at radius 1 is 1.35 bits per heavy atom. The van der Waals surface area contributed by atoms with Crippen LogP contribution in [0.2, 0.25) is 0 Å². The van der Waals surface area contributed by atoms with Crippen molar-refractivity contribution >= 4 is 17.5 Å². The minimum absolute atomic E-state index is 0.000252. The molecule has 2 fully saturated rings. The Balaban J connectivity index is 1.56. The summed E-state index contributed by atoms with van der Waals surface area (Å²) in [6.45, 7) is 4.28. The second-order valence-electron chi connectivity index (χ2n) is 6.46. The van der Waals surface area contributed by atoms with E-state index in [0.29, 0.717) is 25.6 Å². The molecule has 0 aliphatic carbocycles. The molecule has 2 amide bonds. The van der Waals surface area contributed by atoms with E-state index in [1.165, 1.54) is 12.0 Å². The van der Waals surface area contributed by atoms with Gasteiger partial charge in [-0.3, -0.25) is 9.59 Å². The molecule has 0 radical (unpaired) electrons. The number of carbonyl (C=O) groups excluding carboxylic acids is 2. The van der Waals surface area contributed by atoms with Crippen molar-refractivity contribution in [3.8, 4) is 0 Å². The Bertz CT molecular complexity index is 564. The molecule has 2 N–H and O–H groups in total. The van der Waals surface area contributed by atoms with Gasteiger partial charge in [0.15, 0.2) is 0 Å². The summed E-state index contributed by atoms with van der Waals surface area (Å²) in [5.41, 5.74) is 2.14. The van der Waals surface area contributed by atoms with Gasteiger partial charge in [0.05, 0.1) is 5.92 Å². The fraction of sp³-hybridized carbons (Fsp3) is 0.556. The van der Waals surface area contributed by atoms with Crippen LogP contribution in [0.3, 0.4) is 0 Å². The highest BCUT2D eigenvalue weighted by atomic mass is 16.2. The molecule has 5 nitrogen and oxygen atoms in total. The predicted octanol–water partition coefficient (Wildman–Crippen LogP) is 1.47. The molecule has 2 aliphatic heterocycles. The molecule has 3 rings (SSSR count). The van der Waals surface area contributed by atoms with E-state index in [2.05, 4.69) is 17.6 Å². The van der Waals surface area contributed by atoms with Crippen molar-refractivity contribution in [3.63, 3.8) is 0 Å². The summed E-state index contributed by atoms with van der Waals surface area (Å²) in [7, 11) is 0. The molecular weight excluding hydrogens is 290 g/mol. The van der Waals surface area contributed by atoms with Gasteiger partial charge in [0, 0.05) is 31.2 Å². The van der Waals surface area contributed by atoms with Crippen LogP contribution in [0.5, 0.6) is 0 Å². The fourth-order valence-electron chi connectivity index (χ4n) is 3.34. The topological polar surface area (TPSA) is 61.4 Å². The number of aryl methyl sites for hydroxylation is 1. The first kappa shape index (κ1) is 16.0. The zero-order chi connectivity index (χ0) is 16.2. The molecule has 2 unspecified atom stereocenters. The van der Waals surface area contributed by atoms with Crippen LogP contribution in [-0.4, -0.2) is 37.5 Å². The van der Waals surface area contributed by atoms with Gasteiger partial charge in [-0.25, -0.2) is 0 Å². The molecule has 2 saturated heterocycles. The maximum Gasteiger partial charge on any atom is 0.227 e. The SMILES string of the molecule is CCc1ccc(N2CC(C(=O)NCC3CCCN3)CC2=O)cc1. The van der Waals surface area contributed by atoms with E-state index in [4.69, 9.17) is 0 Å². The molecular formula is C18H25N3O2. The number of rotatable bonds is 5. The van der Waals surface area contributed by atoms with E-state index in [1.807, 2.05) is 24.3 Å². The molecule has 1 aromatic carbocycles. The Morgan fingerprint density at radius 2 is 2.13 bits per heavy atom. The van der Waals surface area contributed by atoms with Crippen LogP contribution in [0.1, 0.15) is 31.7 Å². The number of nitrogens with zero attached hydrogens (tertiary/aromatic N) is 1. The Kier molecular flexibility index (Phi) is 4.96. The minimum Gasteiger partial charge on any atom is -0.354 e. The molecule has 0 saturated carbocycles. The van der Waals surface area contributed by atoms with Crippen molar-refractivity contribution in [1.29, 1.82) is 0 Å². The van der Waals surface area contributed by atoms with E-state index >= 15 is 0 Å². The highest BCUT2D eigenvalue weighted by molar-refractivity contribution is 6.00. The molecule has 0 bridgehead atoms. The van der Waals surface area contributed by atoms with Crippen molar-refractivity contribution in [2.75, 3.05) is 24.5 Å². The predicted molar refractivity (Wildman–Crippen MR) is 90.3 cm³/mol. The summed E-state index contributed by atoms with van der Waals surface area (Å²) in [6, 6.07) is 8.41. The Labute approximate surface area is 137 Å². The van der Waals surface area contributed by atoms with Gasteiger partial charge in [0.1, 0.15) is 0 Å². The first-order valence-corrected chi connectivity index (χ1v) is 8.57. The first-order valence-electron chi connectivity index (χ1n) is 8.57. The van der Waals surface area contributed by atoms with E-state index < -0.39 is 0 Å². The van der Waals surface area contributed by atoms with Gasteiger partial charge in [0.2, 0.25) is 11.8 Å². The zero-order valence-corrected chi connectivity index (χ0v) is 13.7. The van der Waals surface area contributed by atoms with Crippen LogP contribution in [-0.2, 0) is 16.0 Å². The Hall–Kier alpha value is -1.88. The van der Waals surface area contributed by atoms with Crippen molar-refractivity contribution in [3.05, 3.63) is 29.8 Å². The largest absolute Gasteiger partial charge is 0.354 e. The number of hydrogen-bond acceptors (Lipinski definition) is 3. The van der Waals surface area contributed by atoms with Gasteiger partial charge in [-0.1, -0.05) is 19.1 Å². The van der Waals surface area contributed by atoms with Gasteiger partial charge in [-0.05, 0) is 43.5 Å². The maximum atomic E-state index is 12.3. The second kappa shape index (κ2) is 7.13. The molecule has 2 atom stereocenters. The third-order valence-electron chi connectivity index (χ3n) is 4.84. The van der Waals surface area contributed by atoms with Crippen LogP contribution in [0, 0.1) is 5.92 Å². The first-order chi connectivity index (χ1) is 11.2. The standard InChI is InChI=1S/C18H25N3O2/c1-2-13-5-7-16(8-6-13)21-12-14(10-17(21)22)18(23)20-11-15-4-3-9-19-15/h5-8,14-15,19H,2-4,9-12H2,1H3,(H,20,23). The maximum absolute atomic E-state index is 12.3. The zero-order valence-electron chi connectivity index (χ0n) is 13.7. The van der Waals surface area contributed by atoms with Crippen molar-refractivity contribution < 1.29 is 9.59 Å². The van der Waals surface area contributed by atoms with Gasteiger partial charge in [-0.2, -0.15) is 0 Å². The third kappa shape index (κ3) is 3.72. The van der Waals surface area contributed by atoms with Crippen molar-refractivity contribution in [2.24, 2.45) is 5.92 Å². The van der Waals surface area contributed by atoms with Crippen LogP contribution >= 0.6 is 0 Å². The van der Waals surface area contributed by atoms with E-state index in [-0.39, 0.29) is 17.7 Å². The lowest BCUT2D eigenvalue weighted by Gasteiger charge is -2.18. The number of hydrogen-bond donors (Lipinski definition) is 2. The van der Waals surface area contributed by atoms with E-state index in [9.17, 15) is 9.59 Å². The molecule has 23 heavy (non-hydrogen) atoms. The highest BCUT2D eigenvalue weighted by Crippen LogP contribution is 2.25. The summed E-state index contributed by atoms with van der Waals surface area (Å²) in [5, 5.41) is 6.36. The van der Waals surface area contributed by atoms with Crippen LogP contribution in [0.4, 0.5) is 5.69 Å². The highest BCUT2D eigenvalue weighted by Gasteiger charge is 2.35. The molecule has 0 spiro atoms.